The van der Waals surface area contributed by atoms with Crippen molar-refractivity contribution < 1.29 is 23.9 Å². The zero-order chi connectivity index (χ0) is 22.9. The van der Waals surface area contributed by atoms with E-state index < -0.39 is 12.0 Å². The number of aromatic nitrogens is 1. The van der Waals surface area contributed by atoms with E-state index in [2.05, 4.69) is 20.9 Å². The summed E-state index contributed by atoms with van der Waals surface area (Å²) in [5.74, 6) is -0.0940. The van der Waals surface area contributed by atoms with Crippen molar-refractivity contribution in [3.63, 3.8) is 0 Å². The van der Waals surface area contributed by atoms with Crippen molar-refractivity contribution in [1.29, 1.82) is 0 Å². The molecule has 2 aromatic carbocycles. The van der Waals surface area contributed by atoms with Crippen LogP contribution in [-0.4, -0.2) is 37.1 Å². The molecule has 0 bridgehead atoms. The summed E-state index contributed by atoms with van der Waals surface area (Å²) < 4.78 is 9.81. The molecule has 1 aromatic heterocycles. The highest BCUT2D eigenvalue weighted by Crippen LogP contribution is 2.20. The zero-order valence-corrected chi connectivity index (χ0v) is 18.3. The summed E-state index contributed by atoms with van der Waals surface area (Å²) in [6.45, 7) is 0. The quantitative estimate of drug-likeness (QED) is 0.440. The first-order chi connectivity index (χ1) is 15.5. The number of methoxy groups -OCH3 is 2. The summed E-state index contributed by atoms with van der Waals surface area (Å²) in [5, 5.41) is 10.3. The Morgan fingerprint density at radius 1 is 0.969 bits per heavy atom. The minimum atomic E-state index is -0.524. The molecule has 3 aromatic rings. The Hall–Kier alpha value is -3.92. The molecular formula is C22H22N4O5S. The fourth-order valence-electron chi connectivity index (χ4n) is 2.75. The Kier molecular flexibility index (Phi) is 7.76. The van der Waals surface area contributed by atoms with E-state index >= 15 is 0 Å². The Labute approximate surface area is 188 Å². The first-order valence-electron chi connectivity index (χ1n) is 9.62. The predicted octanol–water partition coefficient (Wildman–Crippen LogP) is 4.15. The number of aryl methyl sites for hydroxylation is 1. The highest BCUT2D eigenvalue weighted by Gasteiger charge is 2.14. The molecule has 166 valence electrons. The molecule has 0 aliphatic heterocycles. The van der Waals surface area contributed by atoms with Crippen molar-refractivity contribution in [2.75, 3.05) is 30.2 Å². The maximum Gasteiger partial charge on any atom is 0.339 e. The van der Waals surface area contributed by atoms with Gasteiger partial charge in [-0.1, -0.05) is 12.1 Å². The monoisotopic (exact) mass is 454 g/mol. The van der Waals surface area contributed by atoms with E-state index in [4.69, 9.17) is 9.47 Å². The third-order valence-electron chi connectivity index (χ3n) is 4.33. The summed E-state index contributed by atoms with van der Waals surface area (Å²) in [4.78, 5) is 40.6. The Balaban J connectivity index is 1.49. The van der Waals surface area contributed by atoms with E-state index in [9.17, 15) is 14.4 Å². The normalized spacial score (nSPS) is 10.2. The lowest BCUT2D eigenvalue weighted by atomic mass is 10.1. The van der Waals surface area contributed by atoms with Gasteiger partial charge in [-0.05, 0) is 42.8 Å². The van der Waals surface area contributed by atoms with Gasteiger partial charge in [0.1, 0.15) is 5.75 Å². The van der Waals surface area contributed by atoms with Crippen LogP contribution in [0.2, 0.25) is 0 Å². The van der Waals surface area contributed by atoms with Crippen LogP contribution in [0.25, 0.3) is 0 Å². The Morgan fingerprint density at radius 2 is 1.72 bits per heavy atom. The second-order valence-corrected chi connectivity index (χ2v) is 7.40. The molecule has 9 nitrogen and oxygen atoms in total. The lowest BCUT2D eigenvalue weighted by Gasteiger charge is -2.09. The number of para-hydroxylation sites is 1. The van der Waals surface area contributed by atoms with Gasteiger partial charge in [-0.25, -0.2) is 14.6 Å². The van der Waals surface area contributed by atoms with Gasteiger partial charge >= 0.3 is 12.0 Å². The van der Waals surface area contributed by atoms with Crippen LogP contribution in [0, 0.1) is 0 Å². The summed E-state index contributed by atoms with van der Waals surface area (Å²) in [5.41, 5.74) is 1.96. The van der Waals surface area contributed by atoms with Crippen LogP contribution >= 0.6 is 11.3 Å². The Morgan fingerprint density at radius 3 is 2.44 bits per heavy atom. The van der Waals surface area contributed by atoms with Crippen molar-refractivity contribution in [3.05, 3.63) is 65.2 Å². The number of carbonyl (C=O) groups excluding carboxylic acids is 3. The number of hydrogen-bond acceptors (Lipinski definition) is 7. The number of rotatable bonds is 8. The molecule has 0 saturated heterocycles. The second-order valence-electron chi connectivity index (χ2n) is 6.54. The molecule has 0 unspecified atom stereocenters. The number of nitrogens with one attached hydrogen (secondary N) is 3. The van der Waals surface area contributed by atoms with Crippen LogP contribution in [0.3, 0.4) is 0 Å². The van der Waals surface area contributed by atoms with Gasteiger partial charge in [-0.2, -0.15) is 0 Å². The Bertz CT molecular complexity index is 1100. The van der Waals surface area contributed by atoms with E-state index in [1.807, 2.05) is 0 Å². The van der Waals surface area contributed by atoms with Crippen LogP contribution in [0.1, 0.15) is 22.5 Å². The number of anilines is 3. The number of esters is 1. The van der Waals surface area contributed by atoms with Gasteiger partial charge in [0.25, 0.3) is 0 Å². The van der Waals surface area contributed by atoms with Gasteiger partial charge in [-0.15, -0.1) is 11.3 Å². The topological polar surface area (TPSA) is 119 Å². The summed E-state index contributed by atoms with van der Waals surface area (Å²) in [6, 6.07) is 13.1. The van der Waals surface area contributed by atoms with Gasteiger partial charge in [0.05, 0.1) is 31.2 Å². The minimum absolute atomic E-state index is 0.163. The molecule has 0 radical (unpaired) electrons. The van der Waals surface area contributed by atoms with E-state index in [0.717, 1.165) is 0 Å². The molecule has 0 aliphatic rings. The average molecular weight is 455 g/mol. The van der Waals surface area contributed by atoms with Gasteiger partial charge in [0, 0.05) is 17.5 Å². The molecule has 0 saturated carbocycles. The minimum Gasteiger partial charge on any atom is -0.497 e. The van der Waals surface area contributed by atoms with Crippen molar-refractivity contribution in [2.45, 2.75) is 12.8 Å². The third-order valence-corrected chi connectivity index (χ3v) is 5.14. The molecule has 32 heavy (non-hydrogen) atoms. The fourth-order valence-corrected chi connectivity index (χ4v) is 3.49. The van der Waals surface area contributed by atoms with E-state index in [0.29, 0.717) is 34.4 Å². The number of nitrogens with zero attached hydrogens (tertiary/aromatic N) is 1. The van der Waals surface area contributed by atoms with Gasteiger partial charge in [-0.3, -0.25) is 10.1 Å². The van der Waals surface area contributed by atoms with Crippen molar-refractivity contribution >= 4 is 45.8 Å². The van der Waals surface area contributed by atoms with Gasteiger partial charge < -0.3 is 20.1 Å². The molecule has 1 heterocycles. The van der Waals surface area contributed by atoms with Crippen molar-refractivity contribution in [1.82, 2.24) is 4.98 Å². The second kappa shape index (κ2) is 10.9. The third kappa shape index (κ3) is 6.29. The number of ether oxygens (including phenoxy) is 2. The number of hydrogen-bond donors (Lipinski definition) is 3. The number of carbonyl (C=O) groups is 3. The molecule has 0 aliphatic carbocycles. The van der Waals surface area contributed by atoms with Gasteiger partial charge in [0.2, 0.25) is 5.91 Å². The molecule has 3 amide bonds. The van der Waals surface area contributed by atoms with E-state index in [-0.39, 0.29) is 17.9 Å². The number of amides is 3. The molecular weight excluding hydrogens is 432 g/mol. The number of benzene rings is 2. The standard InChI is InChI=1S/C22H22N4O5S/c1-30-16-10-7-14(8-11-16)23-21(29)26-22-24-15(13-32-22)9-12-19(27)25-18-6-4-3-5-17(18)20(28)31-2/h3-8,10-11,13H,9,12H2,1-2H3,(H,25,27)(H2,23,24,26,29). The summed E-state index contributed by atoms with van der Waals surface area (Å²) >= 11 is 1.26. The van der Waals surface area contributed by atoms with E-state index in [1.165, 1.54) is 18.4 Å². The first-order valence-corrected chi connectivity index (χ1v) is 10.5. The maximum absolute atomic E-state index is 12.3. The van der Waals surface area contributed by atoms with Crippen LogP contribution in [0.4, 0.5) is 21.3 Å². The van der Waals surface area contributed by atoms with Crippen molar-refractivity contribution in [2.24, 2.45) is 0 Å². The summed E-state index contributed by atoms with van der Waals surface area (Å²) in [6.07, 6.45) is 0.543. The SMILES string of the molecule is COC(=O)c1ccccc1NC(=O)CCc1csc(NC(=O)Nc2ccc(OC)cc2)n1. The smallest absolute Gasteiger partial charge is 0.339 e. The number of urea groups is 1. The first kappa shape index (κ1) is 22.8. The zero-order valence-electron chi connectivity index (χ0n) is 17.5. The summed E-state index contributed by atoms with van der Waals surface area (Å²) in [7, 11) is 2.85. The van der Waals surface area contributed by atoms with Crippen molar-refractivity contribution in [3.8, 4) is 5.75 Å². The van der Waals surface area contributed by atoms with Crippen LogP contribution < -0.4 is 20.7 Å². The highest BCUT2D eigenvalue weighted by molar-refractivity contribution is 7.13. The lowest BCUT2D eigenvalue weighted by Crippen LogP contribution is -2.19. The highest BCUT2D eigenvalue weighted by atomic mass is 32.1. The van der Waals surface area contributed by atoms with Gasteiger partial charge in [0.15, 0.2) is 5.13 Å². The molecule has 3 N–H and O–H groups in total. The van der Waals surface area contributed by atoms with E-state index in [1.54, 1.807) is 61.0 Å². The van der Waals surface area contributed by atoms with Crippen LogP contribution in [0.5, 0.6) is 5.75 Å². The van der Waals surface area contributed by atoms with Crippen LogP contribution in [-0.2, 0) is 16.0 Å². The lowest BCUT2D eigenvalue weighted by molar-refractivity contribution is -0.116. The largest absolute Gasteiger partial charge is 0.497 e. The average Bonchev–Trinajstić information content (AvgIpc) is 3.25. The number of thiazole rings is 1. The predicted molar refractivity (Wildman–Crippen MR) is 122 cm³/mol. The van der Waals surface area contributed by atoms with Crippen LogP contribution in [0.15, 0.2) is 53.9 Å². The fraction of sp³-hybridized carbons (Fsp3) is 0.182. The molecule has 10 heteroatoms. The molecule has 3 rings (SSSR count). The molecule has 0 fully saturated rings. The molecule has 0 atom stereocenters. The maximum atomic E-state index is 12.3. The molecule has 0 spiro atoms.